The van der Waals surface area contributed by atoms with Gasteiger partial charge in [0.05, 0.1) is 71.7 Å². The van der Waals surface area contributed by atoms with Crippen LogP contribution in [0.3, 0.4) is 0 Å². The van der Waals surface area contributed by atoms with Crippen molar-refractivity contribution in [1.82, 2.24) is 0 Å². The Morgan fingerprint density at radius 1 is 0.250 bits per heavy atom. The molecule has 0 saturated carbocycles. The zero-order valence-electron chi connectivity index (χ0n) is 61.9. The zero-order valence-corrected chi connectivity index (χ0v) is 78.9. The average Bonchev–Trinajstić information content (AvgIpc) is 1.59. The Morgan fingerprint density at radius 2 is 0.450 bits per heavy atom. The molecule has 4 fully saturated rings. The molecule has 518 valence electrons. The molecular weight excluding hydrogens is 1710 g/mol. The van der Waals surface area contributed by atoms with E-state index in [0.717, 1.165) is 125 Å². The largest absolute Gasteiger partial charge is 0.357 e. The predicted molar refractivity (Wildman–Crippen MR) is 370 cm³/mol. The summed E-state index contributed by atoms with van der Waals surface area (Å²) in [5.41, 5.74) is 27.7. The standard InChI is InChI=1S/C12H16O2.3C11H13O2.C10H12O.3C9H9O.6Y/c1-8-6-9(2)10(3)11(7-8)12-13-4-5-14-12;3*1-8-3-4-9(2)10(7-8)11-12-5-6-13-11;1-7-4-8(2)9(3)10(5-7)6-11;3*1-7-3-4-8(2)9(5-7)6-10;;;;;;/h6-7,12H,4-5H2,1-3H3;3*3,7,11H,5-6H2,1-2H3;4-6H,1-3H3;3*3,5-6H,1-2H3;;;;;;/q;3*-1;;3*-1;;;;;;. The van der Waals surface area contributed by atoms with E-state index in [1.54, 1.807) is 0 Å². The molecule has 18 heteroatoms. The van der Waals surface area contributed by atoms with Gasteiger partial charge in [0.2, 0.25) is 0 Å². The number of hydrogen-bond acceptors (Lipinski definition) is 12. The molecule has 4 aliphatic heterocycles. The third-order valence-corrected chi connectivity index (χ3v) is 15.7. The average molecular weight is 1810 g/mol. The third kappa shape index (κ3) is 34.3. The Bertz CT molecular complexity index is 3490. The van der Waals surface area contributed by atoms with Gasteiger partial charge in [0.15, 0.2) is 6.29 Å². The van der Waals surface area contributed by atoms with E-state index in [1.165, 1.54) is 44.5 Å². The number of rotatable bonds is 8. The van der Waals surface area contributed by atoms with Crippen molar-refractivity contribution in [2.45, 2.75) is 150 Å². The number of benzene rings is 8. The molecule has 12 nitrogen and oxygen atoms in total. The minimum Gasteiger partial charge on any atom is -0.357 e. The number of carbonyl (C=O) groups is 4. The summed E-state index contributed by atoms with van der Waals surface area (Å²) in [6.45, 7) is 41.6. The van der Waals surface area contributed by atoms with Crippen LogP contribution in [0.5, 0.6) is 0 Å². The van der Waals surface area contributed by atoms with Crippen molar-refractivity contribution in [1.29, 1.82) is 0 Å². The number of aldehydes is 4. The van der Waals surface area contributed by atoms with Crippen molar-refractivity contribution in [3.8, 4) is 0 Å². The molecule has 4 saturated heterocycles. The van der Waals surface area contributed by atoms with Crippen LogP contribution in [0.15, 0.2) is 97.1 Å². The Balaban J connectivity index is 0. The fourth-order valence-corrected chi connectivity index (χ4v) is 9.97. The first-order valence-corrected chi connectivity index (χ1v) is 31.7. The Morgan fingerprint density at radius 3 is 0.700 bits per heavy atom. The van der Waals surface area contributed by atoms with E-state index in [0.29, 0.717) is 52.9 Å². The molecule has 0 amide bonds. The fourth-order valence-electron chi connectivity index (χ4n) is 9.97. The molecule has 0 spiro atoms. The van der Waals surface area contributed by atoms with E-state index >= 15 is 0 Å². The second-order valence-corrected chi connectivity index (χ2v) is 23.9. The van der Waals surface area contributed by atoms with Gasteiger partial charge < -0.3 is 52.3 Å². The van der Waals surface area contributed by atoms with E-state index in [-0.39, 0.29) is 221 Å². The molecule has 8 aromatic rings. The van der Waals surface area contributed by atoms with Crippen LogP contribution in [0.25, 0.3) is 0 Å². The van der Waals surface area contributed by atoms with Crippen LogP contribution < -0.4 is 0 Å². The van der Waals surface area contributed by atoms with Gasteiger partial charge in [0.25, 0.3) is 0 Å². The van der Waals surface area contributed by atoms with Crippen LogP contribution in [0.4, 0.5) is 0 Å². The molecule has 0 bridgehead atoms. The molecule has 6 radical (unpaired) electrons. The molecule has 0 aromatic heterocycles. The van der Waals surface area contributed by atoms with Crippen molar-refractivity contribution in [2.75, 3.05) is 52.9 Å². The summed E-state index contributed by atoms with van der Waals surface area (Å²) in [6.07, 6.45) is 2.84. The Hall–Kier alpha value is -1.26. The van der Waals surface area contributed by atoms with E-state index < -0.39 is 0 Å². The van der Waals surface area contributed by atoms with Gasteiger partial charge >= 0.3 is 0 Å². The maximum atomic E-state index is 10.5. The summed E-state index contributed by atoms with van der Waals surface area (Å²) in [5, 5.41) is 0. The summed E-state index contributed by atoms with van der Waals surface area (Å²) in [7, 11) is 0. The van der Waals surface area contributed by atoms with Gasteiger partial charge in [-0.05, 0) is 69.9 Å². The Labute approximate surface area is 748 Å². The van der Waals surface area contributed by atoms with Gasteiger partial charge in [-0.1, -0.05) is 146 Å². The van der Waals surface area contributed by atoms with Crippen LogP contribution in [0.1, 0.15) is 189 Å². The summed E-state index contributed by atoms with van der Waals surface area (Å²) in [4.78, 5) is 41.6. The minimum atomic E-state index is -0.170. The Kier molecular flexibility index (Phi) is 53.9. The topological polar surface area (TPSA) is 142 Å². The molecule has 0 N–H and O–H groups in total. The van der Waals surface area contributed by atoms with Crippen molar-refractivity contribution in [3.05, 3.63) is 278 Å². The normalized spacial score (nSPS) is 13.4. The molecule has 0 aliphatic carbocycles. The monoisotopic (exact) mass is 1800 g/mol. The smallest absolute Gasteiger partial charge is 0.184 e. The second-order valence-electron chi connectivity index (χ2n) is 23.9. The van der Waals surface area contributed by atoms with Crippen LogP contribution in [-0.2, 0) is 234 Å². The van der Waals surface area contributed by atoms with Crippen molar-refractivity contribution in [2.24, 2.45) is 0 Å². The first kappa shape index (κ1) is 101. The van der Waals surface area contributed by atoms with Crippen LogP contribution in [0, 0.1) is 161 Å². The molecule has 100 heavy (non-hydrogen) atoms. The van der Waals surface area contributed by atoms with Gasteiger partial charge in [-0.3, -0.25) is 4.79 Å². The fraction of sp³-hybridized carbons (Fsp3) is 0.366. The summed E-state index contributed by atoms with van der Waals surface area (Å²) >= 11 is 0. The number of carbonyl (C=O) groups excluding carboxylic acids is 4. The van der Waals surface area contributed by atoms with E-state index in [2.05, 4.69) is 93.6 Å². The number of hydrogen-bond donors (Lipinski definition) is 0. The summed E-state index contributed by atoms with van der Waals surface area (Å²) in [6, 6.07) is 50.3. The first-order valence-electron chi connectivity index (χ1n) is 31.7. The number of ether oxygens (including phenoxy) is 8. The summed E-state index contributed by atoms with van der Waals surface area (Å²) in [5.74, 6) is 0. The minimum absolute atomic E-state index is 0. The molecule has 0 unspecified atom stereocenters. The van der Waals surface area contributed by atoms with Crippen molar-refractivity contribution < 1.29 is 253 Å². The maximum Gasteiger partial charge on any atom is 0.184 e. The third-order valence-electron chi connectivity index (χ3n) is 15.7. The summed E-state index contributed by atoms with van der Waals surface area (Å²) < 4.78 is 43.6. The van der Waals surface area contributed by atoms with Crippen LogP contribution in [0.2, 0.25) is 0 Å². The molecule has 4 heterocycles. The van der Waals surface area contributed by atoms with Crippen molar-refractivity contribution in [3.63, 3.8) is 0 Å². The molecule has 8 aromatic carbocycles. The van der Waals surface area contributed by atoms with E-state index in [1.807, 2.05) is 165 Å². The predicted octanol–water partition coefficient (Wildman–Crippen LogP) is 17.3. The molecular formula is C82H94O12Y6-6. The molecule has 12 rings (SSSR count). The zero-order chi connectivity index (χ0) is 69.0. The van der Waals surface area contributed by atoms with E-state index in [4.69, 9.17) is 37.9 Å². The van der Waals surface area contributed by atoms with E-state index in [9.17, 15) is 19.2 Å². The van der Waals surface area contributed by atoms with Crippen LogP contribution in [-0.4, -0.2) is 78.0 Å². The van der Waals surface area contributed by atoms with Gasteiger partial charge in [-0.25, -0.2) is 0 Å². The number of aryl methyl sites for hydroxylation is 16. The first-order chi connectivity index (χ1) is 44.9. The van der Waals surface area contributed by atoms with Crippen LogP contribution >= 0.6 is 0 Å². The van der Waals surface area contributed by atoms with Gasteiger partial charge in [0, 0.05) is 207 Å². The quantitative estimate of drug-likeness (QED) is 0.106. The van der Waals surface area contributed by atoms with Gasteiger partial charge in [-0.15, -0.1) is 0 Å². The molecule has 0 atom stereocenters. The second kappa shape index (κ2) is 53.5. The SMILES string of the molecule is Cc1c[c-]c(C)c(C2OCCO2)c1.Cc1c[c-]c(C)c(C2OCCO2)c1.Cc1c[c-]c(C)c(C2OCCO2)c1.Cc1c[c-]c(C)c(C=O)c1.Cc1c[c-]c(C)c(C=O)c1.Cc1c[c-]c(C)c(C=O)c1.Cc1cc(C)c(C)c(C2OCCO2)c1.Cc1cc(C)c(C)c(C=O)c1.[Y].[Y].[Y].[Y].[Y].[Y]. The van der Waals surface area contributed by atoms with Gasteiger partial charge in [0.1, 0.15) is 25.2 Å². The molecule has 4 aliphatic rings. The maximum absolute atomic E-state index is 10.5. The van der Waals surface area contributed by atoms with Crippen molar-refractivity contribution >= 4 is 25.1 Å². The van der Waals surface area contributed by atoms with Gasteiger partial charge in [-0.2, -0.15) is 176 Å².